The lowest BCUT2D eigenvalue weighted by atomic mass is 10.2. The van der Waals surface area contributed by atoms with Crippen LogP contribution in [-0.2, 0) is 6.61 Å². The smallest absolute Gasteiger partial charge is 0.363 e. The fourth-order valence-electron chi connectivity index (χ4n) is 2.06. The van der Waals surface area contributed by atoms with Crippen LogP contribution in [0.4, 0.5) is 10.2 Å². The van der Waals surface area contributed by atoms with E-state index in [0.29, 0.717) is 23.9 Å². The van der Waals surface area contributed by atoms with Crippen LogP contribution in [0.3, 0.4) is 0 Å². The molecule has 132 valence electrons. The second-order valence-corrected chi connectivity index (χ2v) is 5.43. The zero-order valence-corrected chi connectivity index (χ0v) is 13.9. The molecular formula is C18H16FN5O2. The SMILES string of the molecule is Cc1n[nH]c(=O)nc1N/N=C\c1ccc(OCc2ccc(F)cc2)cc1. The monoisotopic (exact) mass is 353 g/mol. The molecule has 0 aliphatic rings. The molecule has 0 atom stereocenters. The van der Waals surface area contributed by atoms with Gasteiger partial charge in [0.05, 0.1) is 6.21 Å². The van der Waals surface area contributed by atoms with Crippen LogP contribution in [0.15, 0.2) is 58.4 Å². The van der Waals surface area contributed by atoms with Crippen molar-refractivity contribution < 1.29 is 9.13 Å². The number of nitrogens with zero attached hydrogens (tertiary/aromatic N) is 3. The first kappa shape index (κ1) is 17.3. The van der Waals surface area contributed by atoms with E-state index in [2.05, 4.69) is 25.7 Å². The van der Waals surface area contributed by atoms with E-state index in [0.717, 1.165) is 11.1 Å². The number of benzene rings is 2. The number of aryl methyl sites for hydroxylation is 1. The average molecular weight is 353 g/mol. The molecule has 0 amide bonds. The van der Waals surface area contributed by atoms with Gasteiger partial charge in [-0.3, -0.25) is 5.43 Å². The zero-order valence-electron chi connectivity index (χ0n) is 13.9. The molecule has 0 spiro atoms. The molecule has 3 rings (SSSR count). The predicted octanol–water partition coefficient (Wildman–Crippen LogP) is 2.64. The van der Waals surface area contributed by atoms with Gasteiger partial charge >= 0.3 is 5.69 Å². The fourth-order valence-corrected chi connectivity index (χ4v) is 2.06. The van der Waals surface area contributed by atoms with Crippen LogP contribution in [0.25, 0.3) is 0 Å². The maximum atomic E-state index is 12.9. The van der Waals surface area contributed by atoms with Crippen LogP contribution in [0.5, 0.6) is 5.75 Å². The molecule has 2 N–H and O–H groups in total. The predicted molar refractivity (Wildman–Crippen MR) is 95.8 cm³/mol. The number of rotatable bonds is 6. The second kappa shape index (κ2) is 8.02. The molecule has 3 aromatic rings. The quantitative estimate of drug-likeness (QED) is 0.525. The van der Waals surface area contributed by atoms with Gasteiger partial charge in [-0.05, 0) is 54.4 Å². The molecule has 0 saturated heterocycles. The number of halogens is 1. The summed E-state index contributed by atoms with van der Waals surface area (Å²) in [5.41, 5.74) is 4.39. The first-order valence-electron chi connectivity index (χ1n) is 7.80. The highest BCUT2D eigenvalue weighted by molar-refractivity contribution is 5.80. The summed E-state index contributed by atoms with van der Waals surface area (Å²) < 4.78 is 18.5. The van der Waals surface area contributed by atoms with Crippen molar-refractivity contribution in [3.63, 3.8) is 0 Å². The van der Waals surface area contributed by atoms with Crippen molar-refractivity contribution >= 4 is 12.0 Å². The summed E-state index contributed by atoms with van der Waals surface area (Å²) in [4.78, 5) is 14.9. The molecule has 0 bridgehead atoms. The molecule has 1 aromatic heterocycles. The molecule has 0 aliphatic heterocycles. The van der Waals surface area contributed by atoms with Crippen LogP contribution in [0.2, 0.25) is 0 Å². The number of H-pyrrole nitrogens is 1. The first-order valence-corrected chi connectivity index (χ1v) is 7.80. The van der Waals surface area contributed by atoms with Gasteiger partial charge in [0.25, 0.3) is 0 Å². The summed E-state index contributed by atoms with van der Waals surface area (Å²) in [5.74, 6) is 0.715. The standard InChI is InChI=1S/C18H16FN5O2/c1-12-17(21-18(25)24-22-12)23-20-10-13-4-8-16(9-5-13)26-11-14-2-6-15(19)7-3-14/h2-10H,11H2,1H3,(H2,21,23,24,25)/b20-10-. The largest absolute Gasteiger partial charge is 0.489 e. The number of aromatic amines is 1. The second-order valence-electron chi connectivity index (χ2n) is 5.43. The Bertz CT molecular complexity index is 953. The van der Waals surface area contributed by atoms with Crippen molar-refractivity contribution in [3.8, 4) is 5.75 Å². The Morgan fingerprint density at radius 1 is 1.19 bits per heavy atom. The van der Waals surface area contributed by atoms with E-state index in [4.69, 9.17) is 4.74 Å². The third kappa shape index (κ3) is 4.73. The topological polar surface area (TPSA) is 92.3 Å². The van der Waals surface area contributed by atoms with Crippen LogP contribution in [0.1, 0.15) is 16.8 Å². The summed E-state index contributed by atoms with van der Waals surface area (Å²) >= 11 is 0. The molecule has 0 unspecified atom stereocenters. The maximum absolute atomic E-state index is 12.9. The molecule has 26 heavy (non-hydrogen) atoms. The Labute approximate surface area is 148 Å². The molecule has 0 fully saturated rings. The summed E-state index contributed by atoms with van der Waals surface area (Å²) in [6.07, 6.45) is 1.59. The highest BCUT2D eigenvalue weighted by atomic mass is 19.1. The Morgan fingerprint density at radius 3 is 2.65 bits per heavy atom. The number of nitrogens with one attached hydrogen (secondary N) is 2. The molecule has 0 saturated carbocycles. The van der Waals surface area contributed by atoms with Crippen LogP contribution < -0.4 is 15.9 Å². The highest BCUT2D eigenvalue weighted by Crippen LogP contribution is 2.14. The van der Waals surface area contributed by atoms with E-state index in [9.17, 15) is 9.18 Å². The Hall–Kier alpha value is -3.55. The van der Waals surface area contributed by atoms with E-state index >= 15 is 0 Å². The van der Waals surface area contributed by atoms with Gasteiger partial charge in [-0.1, -0.05) is 12.1 Å². The average Bonchev–Trinajstić information content (AvgIpc) is 2.65. The van der Waals surface area contributed by atoms with Crippen molar-refractivity contribution in [2.75, 3.05) is 5.43 Å². The molecule has 0 aliphatic carbocycles. The van der Waals surface area contributed by atoms with E-state index in [1.807, 2.05) is 24.3 Å². The molecule has 2 aromatic carbocycles. The summed E-state index contributed by atoms with van der Waals surface area (Å²) in [5, 5.41) is 10.1. The number of ether oxygens (including phenoxy) is 1. The normalized spacial score (nSPS) is 10.8. The number of hydrogen-bond acceptors (Lipinski definition) is 6. The number of hydrazone groups is 1. The lowest BCUT2D eigenvalue weighted by Crippen LogP contribution is -2.15. The fraction of sp³-hybridized carbons (Fsp3) is 0.111. The van der Waals surface area contributed by atoms with Crippen molar-refractivity contribution in [1.82, 2.24) is 15.2 Å². The van der Waals surface area contributed by atoms with Crippen molar-refractivity contribution in [1.29, 1.82) is 0 Å². The van der Waals surface area contributed by atoms with Crippen LogP contribution in [-0.4, -0.2) is 21.4 Å². The molecule has 7 nitrogen and oxygen atoms in total. The lowest BCUT2D eigenvalue weighted by Gasteiger charge is -2.06. The Kier molecular flexibility index (Phi) is 5.33. The highest BCUT2D eigenvalue weighted by Gasteiger charge is 2.00. The zero-order chi connectivity index (χ0) is 18.4. The van der Waals surface area contributed by atoms with Crippen molar-refractivity contribution in [3.05, 3.63) is 81.7 Å². The Balaban J connectivity index is 1.56. The van der Waals surface area contributed by atoms with Crippen LogP contribution >= 0.6 is 0 Å². The summed E-state index contributed by atoms with van der Waals surface area (Å²) in [6.45, 7) is 2.06. The number of hydrogen-bond donors (Lipinski definition) is 2. The Morgan fingerprint density at radius 2 is 1.92 bits per heavy atom. The van der Waals surface area contributed by atoms with E-state index in [1.54, 1.807) is 25.3 Å². The van der Waals surface area contributed by atoms with Gasteiger partial charge in [-0.15, -0.1) is 0 Å². The van der Waals surface area contributed by atoms with E-state index in [-0.39, 0.29) is 5.82 Å². The van der Waals surface area contributed by atoms with Crippen molar-refractivity contribution in [2.24, 2.45) is 5.10 Å². The third-order valence-corrected chi connectivity index (χ3v) is 3.46. The van der Waals surface area contributed by atoms with Gasteiger partial charge in [0.1, 0.15) is 23.9 Å². The van der Waals surface area contributed by atoms with E-state index in [1.165, 1.54) is 12.1 Å². The van der Waals surface area contributed by atoms with Gasteiger partial charge in [0.15, 0.2) is 5.82 Å². The third-order valence-electron chi connectivity index (χ3n) is 3.46. The first-order chi connectivity index (χ1) is 12.6. The van der Waals surface area contributed by atoms with Crippen molar-refractivity contribution in [2.45, 2.75) is 13.5 Å². The van der Waals surface area contributed by atoms with E-state index < -0.39 is 5.69 Å². The molecular weight excluding hydrogens is 337 g/mol. The lowest BCUT2D eigenvalue weighted by molar-refractivity contribution is 0.306. The van der Waals surface area contributed by atoms with Gasteiger partial charge in [-0.25, -0.2) is 14.3 Å². The van der Waals surface area contributed by atoms with Gasteiger partial charge in [0.2, 0.25) is 0 Å². The molecule has 0 radical (unpaired) electrons. The maximum Gasteiger partial charge on any atom is 0.363 e. The van der Waals surface area contributed by atoms with Gasteiger partial charge in [-0.2, -0.15) is 15.2 Å². The molecule has 1 heterocycles. The minimum atomic E-state index is -0.545. The van der Waals surface area contributed by atoms with Crippen LogP contribution in [0, 0.1) is 12.7 Å². The number of anilines is 1. The summed E-state index contributed by atoms with van der Waals surface area (Å²) in [6, 6.07) is 13.5. The number of aromatic nitrogens is 3. The summed E-state index contributed by atoms with van der Waals surface area (Å²) in [7, 11) is 0. The van der Waals surface area contributed by atoms with Gasteiger partial charge < -0.3 is 4.74 Å². The van der Waals surface area contributed by atoms with Gasteiger partial charge in [0, 0.05) is 0 Å². The minimum Gasteiger partial charge on any atom is -0.489 e. The minimum absolute atomic E-state index is 0.271. The molecule has 8 heteroatoms.